The summed E-state index contributed by atoms with van der Waals surface area (Å²) in [6.45, 7) is -0.811. The Bertz CT molecular complexity index is 609. The molecule has 0 aliphatic heterocycles. The highest BCUT2D eigenvalue weighted by atomic mass is 32.2. The second kappa shape index (κ2) is 6.73. The standard InChI is InChI=1S/C10H12F3NO5S2/c1-6-4-7(20-8(6)9(15)16)21(17,18)14-2-3-19-5-10(11,12)13/h4,14H,2-3,5H2,1H3,(H,15,16). The molecule has 6 nitrogen and oxygen atoms in total. The number of ether oxygens (including phenoxy) is 1. The summed E-state index contributed by atoms with van der Waals surface area (Å²) < 4.78 is 65.1. The first-order chi connectivity index (χ1) is 9.53. The first-order valence-corrected chi connectivity index (χ1v) is 7.81. The predicted molar refractivity (Wildman–Crippen MR) is 68.1 cm³/mol. The van der Waals surface area contributed by atoms with Crippen molar-refractivity contribution in [3.05, 3.63) is 16.5 Å². The van der Waals surface area contributed by atoms with Gasteiger partial charge in [-0.1, -0.05) is 0 Å². The minimum atomic E-state index is -4.47. The monoisotopic (exact) mass is 347 g/mol. The average molecular weight is 347 g/mol. The number of sulfonamides is 1. The Morgan fingerprint density at radius 1 is 1.48 bits per heavy atom. The van der Waals surface area contributed by atoms with Crippen LogP contribution < -0.4 is 4.72 Å². The van der Waals surface area contributed by atoms with Gasteiger partial charge in [0.15, 0.2) is 0 Å². The molecule has 0 saturated carbocycles. The molecule has 0 radical (unpaired) electrons. The van der Waals surface area contributed by atoms with Crippen molar-refractivity contribution in [1.29, 1.82) is 0 Å². The molecule has 0 fully saturated rings. The molecule has 11 heteroatoms. The van der Waals surface area contributed by atoms with Crippen molar-refractivity contribution in [3.63, 3.8) is 0 Å². The lowest BCUT2D eigenvalue weighted by molar-refractivity contribution is -0.173. The minimum absolute atomic E-state index is 0.108. The van der Waals surface area contributed by atoms with Crippen LogP contribution >= 0.6 is 11.3 Å². The normalized spacial score (nSPS) is 12.6. The van der Waals surface area contributed by atoms with Crippen LogP contribution in [0.2, 0.25) is 0 Å². The minimum Gasteiger partial charge on any atom is -0.477 e. The van der Waals surface area contributed by atoms with Crippen LogP contribution in [-0.2, 0) is 14.8 Å². The quantitative estimate of drug-likeness (QED) is 0.731. The Kier molecular flexibility index (Phi) is 5.73. The lowest BCUT2D eigenvalue weighted by Gasteiger charge is -2.08. The zero-order valence-corrected chi connectivity index (χ0v) is 12.4. The fraction of sp³-hybridized carbons (Fsp3) is 0.500. The molecular weight excluding hydrogens is 335 g/mol. The summed E-state index contributed by atoms with van der Waals surface area (Å²) in [7, 11) is -3.97. The number of carboxylic acid groups (broad SMARTS) is 1. The molecular formula is C10H12F3NO5S2. The maximum absolute atomic E-state index is 11.8. The zero-order valence-electron chi connectivity index (χ0n) is 10.7. The van der Waals surface area contributed by atoms with E-state index in [1.54, 1.807) is 0 Å². The summed E-state index contributed by atoms with van der Waals surface area (Å²) in [5, 5.41) is 8.84. The third-order valence-corrected chi connectivity index (χ3v) is 5.32. The molecule has 0 aromatic carbocycles. The fourth-order valence-corrected chi connectivity index (χ4v) is 3.74. The van der Waals surface area contributed by atoms with Gasteiger partial charge in [0.25, 0.3) is 0 Å². The van der Waals surface area contributed by atoms with Gasteiger partial charge in [0, 0.05) is 6.54 Å². The van der Waals surface area contributed by atoms with Crippen molar-refractivity contribution in [2.45, 2.75) is 17.3 Å². The molecule has 1 heterocycles. The van der Waals surface area contributed by atoms with Gasteiger partial charge in [-0.15, -0.1) is 11.3 Å². The summed E-state index contributed by atoms with van der Waals surface area (Å²) in [6.07, 6.45) is -4.47. The van der Waals surface area contributed by atoms with E-state index in [2.05, 4.69) is 4.74 Å². The van der Waals surface area contributed by atoms with Gasteiger partial charge in [-0.25, -0.2) is 17.9 Å². The van der Waals surface area contributed by atoms with Crippen molar-refractivity contribution in [3.8, 4) is 0 Å². The van der Waals surface area contributed by atoms with Gasteiger partial charge in [-0.05, 0) is 18.6 Å². The number of aryl methyl sites for hydroxylation is 1. The first kappa shape index (κ1) is 17.9. The van der Waals surface area contributed by atoms with E-state index < -0.39 is 35.4 Å². The third kappa shape index (κ3) is 5.61. The lowest BCUT2D eigenvalue weighted by atomic mass is 10.3. The number of carbonyl (C=O) groups is 1. The molecule has 21 heavy (non-hydrogen) atoms. The first-order valence-electron chi connectivity index (χ1n) is 5.51. The summed E-state index contributed by atoms with van der Waals surface area (Å²) >= 11 is 0.572. The number of hydrogen-bond acceptors (Lipinski definition) is 5. The van der Waals surface area contributed by atoms with Crippen molar-refractivity contribution in [2.75, 3.05) is 19.8 Å². The van der Waals surface area contributed by atoms with Crippen LogP contribution in [0.1, 0.15) is 15.2 Å². The molecule has 0 saturated heterocycles. The van der Waals surface area contributed by atoms with Crippen LogP contribution in [0.5, 0.6) is 0 Å². The average Bonchev–Trinajstić information content (AvgIpc) is 2.70. The van der Waals surface area contributed by atoms with Crippen LogP contribution in [-0.4, -0.2) is 45.4 Å². The maximum atomic E-state index is 11.8. The van der Waals surface area contributed by atoms with Crippen LogP contribution in [0.25, 0.3) is 0 Å². The Balaban J connectivity index is 2.58. The number of aromatic carboxylic acids is 1. The highest BCUT2D eigenvalue weighted by Gasteiger charge is 2.27. The maximum Gasteiger partial charge on any atom is 0.411 e. The van der Waals surface area contributed by atoms with Gasteiger partial charge in [0.05, 0.1) is 6.61 Å². The smallest absolute Gasteiger partial charge is 0.411 e. The van der Waals surface area contributed by atoms with Crippen LogP contribution in [0.15, 0.2) is 10.3 Å². The third-order valence-electron chi connectivity index (χ3n) is 2.16. The topological polar surface area (TPSA) is 92.7 Å². The lowest BCUT2D eigenvalue weighted by Crippen LogP contribution is -2.28. The predicted octanol–water partition coefficient (Wildman–Crippen LogP) is 1.61. The van der Waals surface area contributed by atoms with E-state index in [1.165, 1.54) is 13.0 Å². The molecule has 2 N–H and O–H groups in total. The van der Waals surface area contributed by atoms with E-state index in [0.29, 0.717) is 16.9 Å². The largest absolute Gasteiger partial charge is 0.477 e. The van der Waals surface area contributed by atoms with Crippen molar-refractivity contribution in [2.24, 2.45) is 0 Å². The summed E-state index contributed by atoms with van der Waals surface area (Å²) in [5.41, 5.74) is 0.293. The number of thiophene rings is 1. The molecule has 1 rings (SSSR count). The Morgan fingerprint density at radius 3 is 2.57 bits per heavy atom. The second-order valence-electron chi connectivity index (χ2n) is 3.95. The molecule has 0 atom stereocenters. The van der Waals surface area contributed by atoms with E-state index in [-0.39, 0.29) is 15.6 Å². The van der Waals surface area contributed by atoms with Gasteiger partial charge in [-0.2, -0.15) is 13.2 Å². The Morgan fingerprint density at radius 2 is 2.10 bits per heavy atom. The van der Waals surface area contributed by atoms with E-state index in [0.717, 1.165) is 0 Å². The van der Waals surface area contributed by atoms with Crippen LogP contribution in [0, 0.1) is 6.92 Å². The molecule has 0 amide bonds. The molecule has 0 unspecified atom stereocenters. The highest BCUT2D eigenvalue weighted by Crippen LogP contribution is 2.25. The second-order valence-corrected chi connectivity index (χ2v) is 6.99. The number of carboxylic acids is 1. The molecule has 0 bridgehead atoms. The van der Waals surface area contributed by atoms with Crippen LogP contribution in [0.4, 0.5) is 13.2 Å². The molecule has 0 spiro atoms. The fourth-order valence-electron chi connectivity index (χ4n) is 1.30. The van der Waals surface area contributed by atoms with E-state index in [1.807, 2.05) is 4.72 Å². The van der Waals surface area contributed by atoms with Gasteiger partial charge in [0.1, 0.15) is 15.7 Å². The molecule has 0 aliphatic rings. The van der Waals surface area contributed by atoms with Gasteiger partial charge < -0.3 is 9.84 Å². The summed E-state index contributed by atoms with van der Waals surface area (Å²) in [4.78, 5) is 10.7. The molecule has 0 aliphatic carbocycles. The molecule has 1 aromatic heterocycles. The summed E-state index contributed by atoms with van der Waals surface area (Å²) in [6, 6.07) is 1.19. The van der Waals surface area contributed by atoms with Gasteiger partial charge in [-0.3, -0.25) is 0 Å². The Hall–Kier alpha value is -1.17. The SMILES string of the molecule is Cc1cc(S(=O)(=O)NCCOCC(F)(F)F)sc1C(=O)O. The number of hydrogen-bond donors (Lipinski definition) is 2. The van der Waals surface area contributed by atoms with E-state index >= 15 is 0 Å². The zero-order chi connectivity index (χ0) is 16.3. The highest BCUT2D eigenvalue weighted by molar-refractivity contribution is 7.91. The number of rotatable bonds is 7. The number of alkyl halides is 3. The van der Waals surface area contributed by atoms with Crippen molar-refractivity contribution < 1.29 is 36.2 Å². The number of halogens is 3. The Labute approximate surface area is 122 Å². The number of nitrogens with one attached hydrogen (secondary N) is 1. The van der Waals surface area contributed by atoms with Crippen molar-refractivity contribution in [1.82, 2.24) is 4.72 Å². The molecule has 1 aromatic rings. The van der Waals surface area contributed by atoms with Crippen molar-refractivity contribution >= 4 is 27.3 Å². The van der Waals surface area contributed by atoms with E-state index in [9.17, 15) is 26.4 Å². The van der Waals surface area contributed by atoms with Gasteiger partial charge in [0.2, 0.25) is 10.0 Å². The van der Waals surface area contributed by atoms with Gasteiger partial charge >= 0.3 is 12.1 Å². The summed E-state index contributed by atoms with van der Waals surface area (Å²) in [5.74, 6) is -1.24. The molecule has 120 valence electrons. The van der Waals surface area contributed by atoms with E-state index in [4.69, 9.17) is 5.11 Å². The van der Waals surface area contributed by atoms with Crippen LogP contribution in [0.3, 0.4) is 0 Å².